The van der Waals surface area contributed by atoms with E-state index in [1.54, 1.807) is 4.68 Å². The normalized spacial score (nSPS) is 14.5. The Morgan fingerprint density at radius 3 is 2.35 bits per heavy atom. The van der Waals surface area contributed by atoms with Crippen LogP contribution in [0.4, 0.5) is 0 Å². The van der Waals surface area contributed by atoms with Gasteiger partial charge in [0.2, 0.25) is 10.0 Å². The standard InChI is InChI=1S/C23H22N6O4S/c1-16-4-8-18(9-5-16)29-21-20(14-25-29)23(31)28(15-24-21)26-22(30)17-6-10-19(11-7-17)34(32,33)27-12-2-3-13-27/h4-11,14-15H,2-3,12-13H2,1H3,(H,26,30). The first-order valence-corrected chi connectivity index (χ1v) is 12.2. The molecule has 4 aromatic rings. The molecule has 2 aromatic heterocycles. The molecule has 174 valence electrons. The Hall–Kier alpha value is -3.83. The molecule has 0 atom stereocenters. The maximum atomic E-state index is 12.9. The second-order valence-electron chi connectivity index (χ2n) is 8.13. The van der Waals surface area contributed by atoms with E-state index in [0.29, 0.717) is 18.7 Å². The fourth-order valence-corrected chi connectivity index (χ4v) is 5.41. The van der Waals surface area contributed by atoms with Gasteiger partial charge in [-0.05, 0) is 56.2 Å². The number of nitrogens with zero attached hydrogens (tertiary/aromatic N) is 5. The lowest BCUT2D eigenvalue weighted by Crippen LogP contribution is -2.33. The lowest BCUT2D eigenvalue weighted by Gasteiger charge is -2.15. The first-order valence-electron chi connectivity index (χ1n) is 10.8. The van der Waals surface area contributed by atoms with E-state index >= 15 is 0 Å². The van der Waals surface area contributed by atoms with Crippen molar-refractivity contribution in [2.24, 2.45) is 0 Å². The van der Waals surface area contributed by atoms with Crippen molar-refractivity contribution in [2.45, 2.75) is 24.7 Å². The van der Waals surface area contributed by atoms with Crippen LogP contribution in [0.25, 0.3) is 16.7 Å². The molecule has 0 spiro atoms. The minimum atomic E-state index is -3.57. The van der Waals surface area contributed by atoms with Crippen molar-refractivity contribution in [2.75, 3.05) is 18.5 Å². The zero-order valence-corrected chi connectivity index (χ0v) is 19.2. The number of aromatic nitrogens is 4. The van der Waals surface area contributed by atoms with Gasteiger partial charge in [-0.3, -0.25) is 15.0 Å². The predicted molar refractivity (Wildman–Crippen MR) is 126 cm³/mol. The number of aryl methyl sites for hydroxylation is 1. The summed E-state index contributed by atoms with van der Waals surface area (Å²) >= 11 is 0. The SMILES string of the molecule is Cc1ccc(-n2ncc3c(=O)n(NC(=O)c4ccc(S(=O)(=O)N5CCCC5)cc4)cnc32)cc1. The molecule has 0 saturated carbocycles. The van der Waals surface area contributed by atoms with Crippen molar-refractivity contribution >= 4 is 27.0 Å². The number of nitrogens with one attached hydrogen (secondary N) is 1. The van der Waals surface area contributed by atoms with Crippen LogP contribution in [0.1, 0.15) is 28.8 Å². The number of sulfonamides is 1. The molecule has 0 bridgehead atoms. The van der Waals surface area contributed by atoms with Crippen LogP contribution in [0.15, 0.2) is 70.7 Å². The van der Waals surface area contributed by atoms with Gasteiger partial charge in [-0.1, -0.05) is 17.7 Å². The van der Waals surface area contributed by atoms with Crippen LogP contribution in [-0.2, 0) is 10.0 Å². The number of fused-ring (bicyclic) bond motifs is 1. The second kappa shape index (κ2) is 8.50. The summed E-state index contributed by atoms with van der Waals surface area (Å²) in [6.07, 6.45) is 4.32. The minimum Gasteiger partial charge on any atom is -0.267 e. The summed E-state index contributed by atoms with van der Waals surface area (Å²) in [5.74, 6) is -0.570. The van der Waals surface area contributed by atoms with Crippen LogP contribution in [0.5, 0.6) is 0 Å². The maximum absolute atomic E-state index is 12.9. The van der Waals surface area contributed by atoms with Crippen LogP contribution in [0.3, 0.4) is 0 Å². The van der Waals surface area contributed by atoms with Gasteiger partial charge in [-0.15, -0.1) is 0 Å². The summed E-state index contributed by atoms with van der Waals surface area (Å²) < 4.78 is 29.3. The van der Waals surface area contributed by atoms with Crippen LogP contribution in [0, 0.1) is 6.92 Å². The molecule has 2 aromatic carbocycles. The third-order valence-electron chi connectivity index (χ3n) is 5.81. The number of amides is 1. The highest BCUT2D eigenvalue weighted by molar-refractivity contribution is 7.89. The van der Waals surface area contributed by atoms with E-state index in [1.807, 2.05) is 31.2 Å². The molecule has 0 unspecified atom stereocenters. The van der Waals surface area contributed by atoms with Gasteiger partial charge in [-0.25, -0.2) is 22.8 Å². The first kappa shape index (κ1) is 22.0. The largest absolute Gasteiger partial charge is 0.283 e. The quantitative estimate of drug-likeness (QED) is 0.469. The molecular formula is C23H22N6O4S. The number of hydrogen-bond acceptors (Lipinski definition) is 6. The highest BCUT2D eigenvalue weighted by atomic mass is 32.2. The van der Waals surface area contributed by atoms with Crippen LogP contribution in [-0.4, -0.2) is 51.2 Å². The number of rotatable bonds is 5. The molecule has 10 nitrogen and oxygen atoms in total. The first-order chi connectivity index (χ1) is 16.3. The van der Waals surface area contributed by atoms with Gasteiger partial charge in [0.15, 0.2) is 5.65 Å². The van der Waals surface area contributed by atoms with Crippen molar-refractivity contribution in [1.29, 1.82) is 0 Å². The Morgan fingerprint density at radius 1 is 1.00 bits per heavy atom. The number of carbonyl (C=O) groups excluding carboxylic acids is 1. The van der Waals surface area contributed by atoms with Gasteiger partial charge in [-0.2, -0.15) is 9.40 Å². The monoisotopic (exact) mass is 478 g/mol. The molecule has 1 N–H and O–H groups in total. The van der Waals surface area contributed by atoms with Crippen molar-refractivity contribution in [3.63, 3.8) is 0 Å². The van der Waals surface area contributed by atoms with E-state index in [-0.39, 0.29) is 15.8 Å². The van der Waals surface area contributed by atoms with E-state index < -0.39 is 21.5 Å². The van der Waals surface area contributed by atoms with Crippen molar-refractivity contribution in [3.05, 3.63) is 82.5 Å². The minimum absolute atomic E-state index is 0.134. The van der Waals surface area contributed by atoms with Gasteiger partial charge < -0.3 is 0 Å². The summed E-state index contributed by atoms with van der Waals surface area (Å²) in [6, 6.07) is 13.3. The number of hydrogen-bond donors (Lipinski definition) is 1. The lowest BCUT2D eigenvalue weighted by molar-refractivity contribution is 0.101. The molecule has 1 fully saturated rings. The summed E-state index contributed by atoms with van der Waals surface area (Å²) in [4.78, 5) is 30.0. The molecule has 3 heterocycles. The van der Waals surface area contributed by atoms with Crippen LogP contribution >= 0.6 is 0 Å². The van der Waals surface area contributed by atoms with E-state index in [4.69, 9.17) is 0 Å². The summed E-state index contributed by atoms with van der Waals surface area (Å²) in [6.45, 7) is 2.98. The predicted octanol–water partition coefficient (Wildman–Crippen LogP) is 2.06. The third kappa shape index (κ3) is 3.88. The molecule has 1 aliphatic rings. The Bertz CT molecular complexity index is 1530. The molecule has 1 amide bonds. The molecule has 0 aliphatic carbocycles. The zero-order chi connectivity index (χ0) is 23.9. The maximum Gasteiger partial charge on any atom is 0.283 e. The second-order valence-corrected chi connectivity index (χ2v) is 10.1. The Kier molecular flexibility index (Phi) is 5.50. The average molecular weight is 479 g/mol. The van der Waals surface area contributed by atoms with Crippen LogP contribution in [0.2, 0.25) is 0 Å². The van der Waals surface area contributed by atoms with Crippen LogP contribution < -0.4 is 11.0 Å². The zero-order valence-electron chi connectivity index (χ0n) is 18.4. The van der Waals surface area contributed by atoms with E-state index in [2.05, 4.69) is 15.5 Å². The smallest absolute Gasteiger partial charge is 0.267 e. The highest BCUT2D eigenvalue weighted by Crippen LogP contribution is 2.21. The van der Waals surface area contributed by atoms with Crippen molar-refractivity contribution < 1.29 is 13.2 Å². The van der Waals surface area contributed by atoms with Gasteiger partial charge >= 0.3 is 0 Å². The van der Waals surface area contributed by atoms with Gasteiger partial charge in [0.1, 0.15) is 11.7 Å². The molecular weight excluding hydrogens is 456 g/mol. The molecule has 1 saturated heterocycles. The molecule has 0 radical (unpaired) electrons. The Morgan fingerprint density at radius 2 is 1.68 bits per heavy atom. The highest BCUT2D eigenvalue weighted by Gasteiger charge is 2.27. The van der Waals surface area contributed by atoms with E-state index in [1.165, 1.54) is 41.1 Å². The summed E-state index contributed by atoms with van der Waals surface area (Å²) in [5.41, 5.74) is 4.45. The topological polar surface area (TPSA) is 119 Å². The summed E-state index contributed by atoms with van der Waals surface area (Å²) in [7, 11) is -3.57. The van der Waals surface area contributed by atoms with E-state index in [0.717, 1.165) is 28.8 Å². The molecule has 1 aliphatic heterocycles. The molecule has 11 heteroatoms. The Labute approximate surface area is 195 Å². The lowest BCUT2D eigenvalue weighted by atomic mass is 10.2. The number of carbonyl (C=O) groups is 1. The van der Waals surface area contributed by atoms with Crippen molar-refractivity contribution in [1.82, 2.24) is 23.7 Å². The average Bonchev–Trinajstić information content (AvgIpc) is 3.53. The molecule has 5 rings (SSSR count). The number of benzene rings is 2. The third-order valence-corrected chi connectivity index (χ3v) is 7.72. The fraction of sp³-hybridized carbons (Fsp3) is 0.217. The summed E-state index contributed by atoms with van der Waals surface area (Å²) in [5, 5.41) is 4.51. The Balaban J connectivity index is 1.38. The molecule has 34 heavy (non-hydrogen) atoms. The van der Waals surface area contributed by atoms with E-state index in [9.17, 15) is 18.0 Å². The van der Waals surface area contributed by atoms with Crippen molar-refractivity contribution in [3.8, 4) is 5.69 Å². The van der Waals surface area contributed by atoms with Gasteiger partial charge in [0.25, 0.3) is 11.5 Å². The van der Waals surface area contributed by atoms with Gasteiger partial charge in [0.05, 0.1) is 16.8 Å². The van der Waals surface area contributed by atoms with Gasteiger partial charge in [0, 0.05) is 18.7 Å². The fourth-order valence-electron chi connectivity index (χ4n) is 3.90.